The Morgan fingerprint density at radius 2 is 1.59 bits per heavy atom. The van der Waals surface area contributed by atoms with Gasteiger partial charge in [-0.15, -0.1) is 11.3 Å². The molecule has 0 atom stereocenters. The summed E-state index contributed by atoms with van der Waals surface area (Å²) in [5, 5.41) is 7.08. The van der Waals surface area contributed by atoms with Crippen LogP contribution in [0.3, 0.4) is 0 Å². The Balaban J connectivity index is 1.69. The molecule has 1 aromatic heterocycles. The van der Waals surface area contributed by atoms with Crippen molar-refractivity contribution in [2.24, 2.45) is 5.10 Å². The fourth-order valence-corrected chi connectivity index (χ4v) is 4.83. The smallest absolute Gasteiger partial charge is 0.341 e. The first-order valence-corrected chi connectivity index (χ1v) is 10.3. The molecule has 0 spiro atoms. The molecule has 0 saturated heterocycles. The van der Waals surface area contributed by atoms with Crippen LogP contribution in [0.1, 0.15) is 72.2 Å². The molecule has 1 saturated carbocycles. The molecule has 0 unspecified atom stereocenters. The minimum atomic E-state index is -0.825. The molecule has 3 rings (SSSR count). The maximum Gasteiger partial charge on any atom is 0.341 e. The highest BCUT2D eigenvalue weighted by molar-refractivity contribution is 7.17. The molecule has 27 heavy (non-hydrogen) atoms. The van der Waals surface area contributed by atoms with Crippen LogP contribution in [0.15, 0.2) is 5.10 Å². The van der Waals surface area contributed by atoms with Gasteiger partial charge >= 0.3 is 17.8 Å². The van der Waals surface area contributed by atoms with Crippen LogP contribution >= 0.6 is 11.3 Å². The van der Waals surface area contributed by atoms with Gasteiger partial charge in [-0.3, -0.25) is 9.59 Å². The number of rotatable bonds is 3. The number of nitrogens with one attached hydrogen (secondary N) is 2. The van der Waals surface area contributed by atoms with E-state index in [1.807, 2.05) is 0 Å². The Kier molecular flexibility index (Phi) is 6.60. The lowest BCUT2D eigenvalue weighted by Gasteiger charge is -2.11. The summed E-state index contributed by atoms with van der Waals surface area (Å²) in [5.41, 5.74) is 4.60. The van der Waals surface area contributed by atoms with Gasteiger partial charge in [0.25, 0.3) is 0 Å². The Morgan fingerprint density at radius 3 is 2.30 bits per heavy atom. The zero-order valence-corrected chi connectivity index (χ0v) is 16.4. The highest BCUT2D eigenvalue weighted by Gasteiger charge is 2.28. The van der Waals surface area contributed by atoms with Gasteiger partial charge in [-0.05, 0) is 56.9 Å². The number of thiophene rings is 1. The SMILES string of the molecule is COC(=O)c1c(NC(=O)C(=O)NN=C2CCCCCC2)sc2c1CCCC2. The van der Waals surface area contributed by atoms with Gasteiger partial charge in [0.05, 0.1) is 12.7 Å². The van der Waals surface area contributed by atoms with Gasteiger partial charge in [-0.25, -0.2) is 10.2 Å². The van der Waals surface area contributed by atoms with Crippen molar-refractivity contribution in [1.82, 2.24) is 5.43 Å². The number of methoxy groups -OCH3 is 1. The molecule has 2 aliphatic carbocycles. The second kappa shape index (κ2) is 9.12. The van der Waals surface area contributed by atoms with E-state index in [0.29, 0.717) is 10.6 Å². The molecule has 0 radical (unpaired) electrons. The molecule has 1 fully saturated rings. The van der Waals surface area contributed by atoms with Crippen molar-refractivity contribution >= 4 is 39.8 Å². The topological polar surface area (TPSA) is 96.9 Å². The Hall–Kier alpha value is -2.22. The lowest BCUT2D eigenvalue weighted by atomic mass is 9.95. The normalized spacial score (nSPS) is 16.7. The van der Waals surface area contributed by atoms with Crippen molar-refractivity contribution in [3.8, 4) is 0 Å². The Bertz CT molecular complexity index is 759. The van der Waals surface area contributed by atoms with E-state index in [2.05, 4.69) is 15.8 Å². The molecular formula is C19H25N3O4S. The molecule has 8 heteroatoms. The van der Waals surface area contributed by atoms with E-state index >= 15 is 0 Å². The Morgan fingerprint density at radius 1 is 0.926 bits per heavy atom. The van der Waals surface area contributed by atoms with Crippen LogP contribution in [0.25, 0.3) is 0 Å². The third-order valence-corrected chi connectivity index (χ3v) is 6.20. The van der Waals surface area contributed by atoms with E-state index in [1.54, 1.807) is 0 Å². The van der Waals surface area contributed by atoms with Crippen molar-refractivity contribution in [3.05, 3.63) is 16.0 Å². The molecule has 2 amide bonds. The summed E-state index contributed by atoms with van der Waals surface area (Å²) in [5.74, 6) is -2.13. The maximum absolute atomic E-state index is 12.3. The van der Waals surface area contributed by atoms with Gasteiger partial charge in [-0.2, -0.15) is 5.10 Å². The molecule has 0 aliphatic heterocycles. The van der Waals surface area contributed by atoms with Crippen molar-refractivity contribution in [3.63, 3.8) is 0 Å². The summed E-state index contributed by atoms with van der Waals surface area (Å²) < 4.78 is 4.88. The molecule has 2 N–H and O–H groups in total. The van der Waals surface area contributed by atoms with Gasteiger partial charge in [-0.1, -0.05) is 12.8 Å². The molecule has 1 aromatic rings. The largest absolute Gasteiger partial charge is 0.465 e. The summed E-state index contributed by atoms with van der Waals surface area (Å²) in [4.78, 5) is 37.7. The first-order chi connectivity index (χ1) is 13.1. The van der Waals surface area contributed by atoms with Gasteiger partial charge in [0, 0.05) is 10.6 Å². The number of anilines is 1. The molecule has 7 nitrogen and oxygen atoms in total. The minimum absolute atomic E-state index is 0.383. The van der Waals surface area contributed by atoms with Crippen molar-refractivity contribution in [1.29, 1.82) is 0 Å². The fraction of sp³-hybridized carbons (Fsp3) is 0.579. The predicted molar refractivity (Wildman–Crippen MR) is 104 cm³/mol. The maximum atomic E-state index is 12.3. The van der Waals surface area contributed by atoms with Crippen LogP contribution in [0.2, 0.25) is 0 Å². The van der Waals surface area contributed by atoms with Crippen molar-refractivity contribution in [2.75, 3.05) is 12.4 Å². The zero-order valence-electron chi connectivity index (χ0n) is 15.6. The highest BCUT2D eigenvalue weighted by atomic mass is 32.1. The van der Waals surface area contributed by atoms with Crippen LogP contribution in [0, 0.1) is 0 Å². The van der Waals surface area contributed by atoms with Gasteiger partial charge in [0.2, 0.25) is 0 Å². The van der Waals surface area contributed by atoms with Crippen LogP contribution in [-0.2, 0) is 27.2 Å². The van der Waals surface area contributed by atoms with Crippen LogP contribution < -0.4 is 10.7 Å². The number of esters is 1. The van der Waals surface area contributed by atoms with E-state index in [-0.39, 0.29) is 0 Å². The van der Waals surface area contributed by atoms with E-state index in [4.69, 9.17) is 4.74 Å². The average molecular weight is 391 g/mol. The summed E-state index contributed by atoms with van der Waals surface area (Å²) in [6.45, 7) is 0. The molecule has 2 aliphatic rings. The number of aryl methyl sites for hydroxylation is 1. The van der Waals surface area contributed by atoms with E-state index in [1.165, 1.54) is 31.3 Å². The number of ether oxygens (including phenoxy) is 1. The Labute approximate surface area is 162 Å². The second-order valence-electron chi connectivity index (χ2n) is 6.89. The van der Waals surface area contributed by atoms with Gasteiger partial charge < -0.3 is 10.1 Å². The number of carbonyl (C=O) groups excluding carboxylic acids is 3. The zero-order chi connectivity index (χ0) is 19.2. The molecule has 0 aromatic carbocycles. The van der Waals surface area contributed by atoms with E-state index in [0.717, 1.165) is 67.5 Å². The number of amides is 2. The third-order valence-electron chi connectivity index (χ3n) is 4.99. The molecule has 1 heterocycles. The summed E-state index contributed by atoms with van der Waals surface area (Å²) >= 11 is 1.35. The predicted octanol–water partition coefficient (Wildman–Crippen LogP) is 3.18. The summed E-state index contributed by atoms with van der Waals surface area (Å²) in [6, 6.07) is 0. The van der Waals surface area contributed by atoms with Crippen LogP contribution in [0.4, 0.5) is 5.00 Å². The second-order valence-corrected chi connectivity index (χ2v) is 8.00. The number of nitrogens with zero attached hydrogens (tertiary/aromatic N) is 1. The average Bonchev–Trinajstić information content (AvgIpc) is 2.85. The highest BCUT2D eigenvalue weighted by Crippen LogP contribution is 2.38. The third kappa shape index (κ3) is 4.74. The standard InChI is InChI=1S/C19H25N3O4S/c1-26-19(25)15-13-10-6-7-11-14(13)27-18(15)20-16(23)17(24)22-21-12-8-4-2-3-5-9-12/h2-11H2,1H3,(H,20,23)(H,22,24). The van der Waals surface area contributed by atoms with Crippen LogP contribution in [-0.4, -0.2) is 30.6 Å². The molecule has 146 valence electrons. The quantitative estimate of drug-likeness (QED) is 0.358. The van der Waals surface area contributed by atoms with Crippen molar-refractivity contribution in [2.45, 2.75) is 64.2 Å². The lowest BCUT2D eigenvalue weighted by molar-refractivity contribution is -0.136. The van der Waals surface area contributed by atoms with E-state index < -0.39 is 17.8 Å². The van der Waals surface area contributed by atoms with Gasteiger partial charge in [0.1, 0.15) is 5.00 Å². The summed E-state index contributed by atoms with van der Waals surface area (Å²) in [6.07, 6.45) is 9.89. The first kappa shape index (κ1) is 19.5. The van der Waals surface area contributed by atoms with E-state index in [9.17, 15) is 14.4 Å². The van der Waals surface area contributed by atoms with Gasteiger partial charge in [0.15, 0.2) is 0 Å². The fourth-order valence-electron chi connectivity index (χ4n) is 3.56. The number of fused-ring (bicyclic) bond motifs is 1. The molecular weight excluding hydrogens is 366 g/mol. The lowest BCUT2D eigenvalue weighted by Crippen LogP contribution is -2.33. The number of hydrazone groups is 1. The number of carbonyl (C=O) groups is 3. The first-order valence-electron chi connectivity index (χ1n) is 9.49. The van der Waals surface area contributed by atoms with Crippen LogP contribution in [0.5, 0.6) is 0 Å². The number of hydrogen-bond donors (Lipinski definition) is 2. The monoisotopic (exact) mass is 391 g/mol. The number of hydrogen-bond acceptors (Lipinski definition) is 6. The van der Waals surface area contributed by atoms with Crippen molar-refractivity contribution < 1.29 is 19.1 Å². The minimum Gasteiger partial charge on any atom is -0.465 e. The molecule has 0 bridgehead atoms. The summed E-state index contributed by atoms with van der Waals surface area (Å²) in [7, 11) is 1.32.